The molecule has 0 N–H and O–H groups in total. The minimum atomic E-state index is -0.483. The SMILES string of the molecule is Cn1c(=O)/c(=C\c2cccc([N+](=O)[O-])c2)s/c1=C\C(=O)c1cccs1. The van der Waals surface area contributed by atoms with Crippen molar-refractivity contribution in [2.75, 3.05) is 0 Å². The molecule has 3 aromatic rings. The Hall–Kier alpha value is -2.84. The highest BCUT2D eigenvalue weighted by Crippen LogP contribution is 2.13. The van der Waals surface area contributed by atoms with Crippen LogP contribution in [-0.4, -0.2) is 15.3 Å². The van der Waals surface area contributed by atoms with E-state index < -0.39 is 4.92 Å². The first-order valence-corrected chi connectivity index (χ1v) is 8.87. The normalized spacial score (nSPS) is 12.5. The van der Waals surface area contributed by atoms with Gasteiger partial charge in [0.25, 0.3) is 11.2 Å². The molecule has 0 saturated carbocycles. The maximum Gasteiger partial charge on any atom is 0.270 e. The number of hydrogen-bond donors (Lipinski definition) is 0. The van der Waals surface area contributed by atoms with Crippen molar-refractivity contribution in [3.05, 3.63) is 81.9 Å². The number of nitro benzene ring substituents is 1. The second-order valence-corrected chi connectivity index (χ2v) is 7.16. The Morgan fingerprint density at radius 3 is 2.76 bits per heavy atom. The zero-order valence-electron chi connectivity index (χ0n) is 13.0. The summed E-state index contributed by atoms with van der Waals surface area (Å²) in [6.07, 6.45) is 3.02. The molecule has 0 spiro atoms. The van der Waals surface area contributed by atoms with E-state index in [-0.39, 0.29) is 17.0 Å². The van der Waals surface area contributed by atoms with E-state index in [1.165, 1.54) is 45.4 Å². The Balaban J connectivity index is 2.08. The molecule has 1 aromatic carbocycles. The van der Waals surface area contributed by atoms with E-state index >= 15 is 0 Å². The highest BCUT2D eigenvalue weighted by Gasteiger charge is 2.07. The number of non-ortho nitro benzene ring substituents is 1. The van der Waals surface area contributed by atoms with Crippen molar-refractivity contribution < 1.29 is 9.72 Å². The van der Waals surface area contributed by atoms with Crippen molar-refractivity contribution in [2.45, 2.75) is 0 Å². The number of nitrogens with zero attached hydrogens (tertiary/aromatic N) is 2. The summed E-state index contributed by atoms with van der Waals surface area (Å²) in [5.74, 6) is -0.159. The molecule has 0 unspecified atom stereocenters. The average molecular weight is 372 g/mol. The van der Waals surface area contributed by atoms with Crippen LogP contribution in [0.5, 0.6) is 0 Å². The van der Waals surface area contributed by atoms with E-state index in [9.17, 15) is 19.7 Å². The summed E-state index contributed by atoms with van der Waals surface area (Å²) >= 11 is 2.51. The van der Waals surface area contributed by atoms with Gasteiger partial charge in [-0.3, -0.25) is 19.7 Å². The number of rotatable bonds is 4. The lowest BCUT2D eigenvalue weighted by atomic mass is 10.2. The molecule has 0 amide bonds. The fourth-order valence-corrected chi connectivity index (χ4v) is 3.86. The number of carbonyl (C=O) groups excluding carboxylic acids is 1. The van der Waals surface area contributed by atoms with Crippen molar-refractivity contribution >= 4 is 46.3 Å². The second-order valence-electron chi connectivity index (χ2n) is 5.15. The van der Waals surface area contributed by atoms with Crippen LogP contribution in [0.4, 0.5) is 5.69 Å². The minimum Gasteiger partial charge on any atom is -0.302 e. The smallest absolute Gasteiger partial charge is 0.270 e. The topological polar surface area (TPSA) is 82.2 Å². The van der Waals surface area contributed by atoms with E-state index in [2.05, 4.69) is 0 Å². The van der Waals surface area contributed by atoms with E-state index in [4.69, 9.17) is 0 Å². The van der Waals surface area contributed by atoms with E-state index in [0.29, 0.717) is 19.6 Å². The largest absolute Gasteiger partial charge is 0.302 e. The maximum atomic E-state index is 12.4. The Morgan fingerprint density at radius 2 is 2.08 bits per heavy atom. The van der Waals surface area contributed by atoms with Gasteiger partial charge in [0.2, 0.25) is 0 Å². The van der Waals surface area contributed by atoms with Crippen molar-refractivity contribution in [3.8, 4) is 0 Å². The van der Waals surface area contributed by atoms with Gasteiger partial charge >= 0.3 is 0 Å². The minimum absolute atomic E-state index is 0.0400. The number of nitro groups is 1. The first kappa shape index (κ1) is 17.0. The van der Waals surface area contributed by atoms with Gasteiger partial charge in [-0.2, -0.15) is 0 Å². The molecule has 8 heteroatoms. The number of aromatic nitrogens is 1. The van der Waals surface area contributed by atoms with Crippen molar-refractivity contribution in [3.63, 3.8) is 0 Å². The predicted octanol–water partition coefficient (Wildman–Crippen LogP) is 1.91. The summed E-state index contributed by atoms with van der Waals surface area (Å²) in [6, 6.07) is 9.57. The summed E-state index contributed by atoms with van der Waals surface area (Å²) in [7, 11) is 1.59. The molecule has 0 aliphatic heterocycles. The molecule has 6 nitrogen and oxygen atoms in total. The number of Topliss-reactive ketones (excluding diaryl/α,β-unsaturated/α-hetero) is 1. The number of thiazole rings is 1. The van der Waals surface area contributed by atoms with Crippen LogP contribution in [0, 0.1) is 10.1 Å². The van der Waals surface area contributed by atoms with Crippen molar-refractivity contribution in [2.24, 2.45) is 7.05 Å². The van der Waals surface area contributed by atoms with Crippen LogP contribution in [0.3, 0.4) is 0 Å². The zero-order chi connectivity index (χ0) is 18.0. The third kappa shape index (κ3) is 3.65. The maximum absolute atomic E-state index is 12.4. The highest BCUT2D eigenvalue weighted by molar-refractivity contribution is 7.12. The van der Waals surface area contributed by atoms with Crippen LogP contribution >= 0.6 is 22.7 Å². The highest BCUT2D eigenvalue weighted by atomic mass is 32.1. The average Bonchev–Trinajstić information content (AvgIpc) is 3.21. The summed E-state index contributed by atoms with van der Waals surface area (Å²) in [4.78, 5) is 35.5. The van der Waals surface area contributed by atoms with Gasteiger partial charge in [-0.1, -0.05) is 18.2 Å². The third-order valence-electron chi connectivity index (χ3n) is 3.46. The van der Waals surface area contributed by atoms with Crippen LogP contribution in [-0.2, 0) is 7.05 Å². The first-order valence-electron chi connectivity index (χ1n) is 7.17. The number of ketones is 1. The van der Waals surface area contributed by atoms with Crippen LogP contribution < -0.4 is 14.8 Å². The van der Waals surface area contributed by atoms with Crippen molar-refractivity contribution in [1.29, 1.82) is 0 Å². The second kappa shape index (κ2) is 6.96. The van der Waals surface area contributed by atoms with Gasteiger partial charge in [0, 0.05) is 25.3 Å². The summed E-state index contributed by atoms with van der Waals surface area (Å²) in [5.41, 5.74) is 0.271. The summed E-state index contributed by atoms with van der Waals surface area (Å²) in [6.45, 7) is 0. The van der Waals surface area contributed by atoms with Crippen molar-refractivity contribution in [1.82, 2.24) is 4.57 Å². The molecule has 0 bridgehead atoms. The number of carbonyl (C=O) groups is 1. The van der Waals surface area contributed by atoms with Gasteiger partial charge in [0.1, 0.15) is 4.66 Å². The number of thiophene rings is 1. The fraction of sp³-hybridized carbons (Fsp3) is 0.0588. The lowest BCUT2D eigenvalue weighted by Gasteiger charge is -1.92. The van der Waals surface area contributed by atoms with E-state index in [0.717, 1.165) is 0 Å². The fourth-order valence-electron chi connectivity index (χ4n) is 2.19. The molecule has 0 aliphatic rings. The molecule has 0 saturated heterocycles. The molecule has 0 fully saturated rings. The van der Waals surface area contributed by atoms with Gasteiger partial charge in [-0.15, -0.1) is 22.7 Å². The predicted molar refractivity (Wildman–Crippen MR) is 98.6 cm³/mol. The van der Waals surface area contributed by atoms with Gasteiger partial charge in [-0.25, -0.2) is 0 Å². The quantitative estimate of drug-likeness (QED) is 0.398. The lowest BCUT2D eigenvalue weighted by molar-refractivity contribution is -0.384. The van der Waals surface area contributed by atoms with Crippen LogP contribution in [0.25, 0.3) is 12.2 Å². The summed E-state index contributed by atoms with van der Waals surface area (Å²) < 4.78 is 2.34. The molecule has 25 heavy (non-hydrogen) atoms. The van der Waals surface area contributed by atoms with Crippen LogP contribution in [0.15, 0.2) is 46.6 Å². The molecule has 0 atom stereocenters. The molecule has 126 valence electrons. The molecule has 3 rings (SSSR count). The van der Waals surface area contributed by atoms with Crippen LogP contribution in [0.1, 0.15) is 15.2 Å². The van der Waals surface area contributed by atoms with E-state index in [1.54, 1.807) is 37.4 Å². The molecular formula is C17H12N2O4S2. The first-order chi connectivity index (χ1) is 12.0. The van der Waals surface area contributed by atoms with Gasteiger partial charge in [-0.05, 0) is 23.1 Å². The number of benzene rings is 1. The summed E-state index contributed by atoms with van der Waals surface area (Å²) in [5, 5.41) is 12.7. The molecule has 0 radical (unpaired) electrons. The van der Waals surface area contributed by atoms with Gasteiger partial charge in [0.15, 0.2) is 5.78 Å². The molecule has 0 aliphatic carbocycles. The third-order valence-corrected chi connectivity index (χ3v) is 5.46. The van der Waals surface area contributed by atoms with E-state index in [1.807, 2.05) is 5.38 Å². The van der Waals surface area contributed by atoms with Gasteiger partial charge in [0.05, 0.1) is 14.3 Å². The molecular weight excluding hydrogens is 360 g/mol. The Morgan fingerprint density at radius 1 is 1.28 bits per heavy atom. The monoisotopic (exact) mass is 372 g/mol. The number of hydrogen-bond acceptors (Lipinski definition) is 6. The Labute approximate surface area is 149 Å². The lowest BCUT2D eigenvalue weighted by Crippen LogP contribution is -2.29. The van der Waals surface area contributed by atoms with Gasteiger partial charge < -0.3 is 4.57 Å². The zero-order valence-corrected chi connectivity index (χ0v) is 14.7. The molecule has 2 aromatic heterocycles. The Bertz CT molecular complexity index is 1120. The van der Waals surface area contributed by atoms with Crippen LogP contribution in [0.2, 0.25) is 0 Å². The standard InChI is InChI=1S/C17H12N2O4S2/c1-18-16(10-13(20)14-6-3-7-24-14)25-15(17(18)21)9-11-4-2-5-12(8-11)19(22)23/h2-10H,1H3/b15-9+,16-10-. The molecule has 2 heterocycles. The Kier molecular flexibility index (Phi) is 4.73.